The molecule has 40 heavy (non-hydrogen) atoms. The fourth-order valence-corrected chi connectivity index (χ4v) is 5.28. The summed E-state index contributed by atoms with van der Waals surface area (Å²) in [5.74, 6) is 3.44. The van der Waals surface area contributed by atoms with Gasteiger partial charge in [0.05, 0.1) is 30.2 Å². The molecule has 0 fully saturated rings. The van der Waals surface area contributed by atoms with Crippen molar-refractivity contribution in [2.24, 2.45) is 9.98 Å². The number of ether oxygens (including phenoxy) is 1. The van der Waals surface area contributed by atoms with E-state index in [0.717, 1.165) is 39.6 Å². The topological polar surface area (TPSA) is 100 Å². The van der Waals surface area contributed by atoms with Gasteiger partial charge in [0.25, 0.3) is 0 Å². The first-order valence-corrected chi connectivity index (χ1v) is 12.9. The third-order valence-electron chi connectivity index (χ3n) is 7.02. The first-order chi connectivity index (χ1) is 19.6. The van der Waals surface area contributed by atoms with E-state index in [2.05, 4.69) is 15.2 Å². The Balaban J connectivity index is 1.49. The molecular formula is C31H25N7O2. The van der Waals surface area contributed by atoms with Gasteiger partial charge in [-0.25, -0.2) is 15.0 Å². The number of phenols is 1. The van der Waals surface area contributed by atoms with Crippen LogP contribution in [0.1, 0.15) is 22.9 Å². The quantitative estimate of drug-likeness (QED) is 0.294. The van der Waals surface area contributed by atoms with Crippen molar-refractivity contribution in [2.75, 3.05) is 17.3 Å². The number of nitrogens with zero attached hydrogens (tertiary/aromatic N) is 6. The first-order valence-electron chi connectivity index (χ1n) is 12.9. The Kier molecular flexibility index (Phi) is 5.55. The Hall–Kier alpha value is -5.44. The molecule has 0 amide bonds. The summed E-state index contributed by atoms with van der Waals surface area (Å²) in [6, 6.07) is 28.4. The predicted molar refractivity (Wildman–Crippen MR) is 156 cm³/mol. The maximum absolute atomic E-state index is 10.5. The second-order valence-electron chi connectivity index (χ2n) is 9.53. The van der Waals surface area contributed by atoms with Crippen molar-refractivity contribution in [3.63, 3.8) is 0 Å². The summed E-state index contributed by atoms with van der Waals surface area (Å²) in [7, 11) is 1.64. The van der Waals surface area contributed by atoms with Crippen molar-refractivity contribution >= 4 is 34.6 Å². The standard InChI is InChI=1S/C31H25N7O2/c1-19-27-28(20-9-7-11-22(39)17-20)37-25-14-4-3-13-24(25)34-29(33-21-10-8-12-23(18-21)40-2)31(37)35-30(27)38(36-19)26-15-5-6-16-32-26/h3-18,28,39H,1-2H3,(H,33,34). The lowest BCUT2D eigenvalue weighted by molar-refractivity contribution is 0.415. The molecule has 2 N–H and O–H groups in total. The number of nitrogens with one attached hydrogen (secondary N) is 1. The van der Waals surface area contributed by atoms with Crippen LogP contribution in [0.5, 0.6) is 11.5 Å². The van der Waals surface area contributed by atoms with E-state index in [4.69, 9.17) is 19.8 Å². The number of aryl methyl sites for hydroxylation is 1. The van der Waals surface area contributed by atoms with Crippen molar-refractivity contribution in [2.45, 2.75) is 13.0 Å². The van der Waals surface area contributed by atoms with Gasteiger partial charge < -0.3 is 20.1 Å². The van der Waals surface area contributed by atoms with Crippen molar-refractivity contribution in [3.05, 3.63) is 114 Å². The van der Waals surface area contributed by atoms with Crippen molar-refractivity contribution in [1.82, 2.24) is 14.8 Å². The molecule has 5 aromatic rings. The monoisotopic (exact) mass is 527 g/mol. The van der Waals surface area contributed by atoms with E-state index in [0.29, 0.717) is 23.3 Å². The summed E-state index contributed by atoms with van der Waals surface area (Å²) in [5, 5.41) is 18.9. The molecule has 0 saturated carbocycles. The van der Waals surface area contributed by atoms with Crippen LogP contribution in [0, 0.1) is 6.92 Å². The summed E-state index contributed by atoms with van der Waals surface area (Å²) in [4.78, 5) is 16.9. The van der Waals surface area contributed by atoms with Crippen LogP contribution in [-0.4, -0.2) is 38.7 Å². The molecule has 7 rings (SSSR count). The molecule has 3 aromatic carbocycles. The Bertz CT molecular complexity index is 1810. The van der Waals surface area contributed by atoms with Gasteiger partial charge in [0, 0.05) is 23.5 Å². The second-order valence-corrected chi connectivity index (χ2v) is 9.53. The molecular weight excluding hydrogens is 502 g/mol. The van der Waals surface area contributed by atoms with E-state index < -0.39 is 0 Å². The van der Waals surface area contributed by atoms with Crippen molar-refractivity contribution < 1.29 is 9.84 Å². The lowest BCUT2D eigenvalue weighted by Crippen LogP contribution is -2.46. The van der Waals surface area contributed by atoms with Gasteiger partial charge in [-0.1, -0.05) is 36.4 Å². The molecule has 1 atom stereocenters. The van der Waals surface area contributed by atoms with Crippen LogP contribution in [0.15, 0.2) is 107 Å². The minimum Gasteiger partial charge on any atom is -0.508 e. The van der Waals surface area contributed by atoms with Crippen LogP contribution in [0.4, 0.5) is 22.9 Å². The molecule has 9 nitrogen and oxygen atoms in total. The number of aromatic nitrogens is 3. The van der Waals surface area contributed by atoms with Crippen LogP contribution in [-0.2, 0) is 0 Å². The fraction of sp³-hybridized carbons (Fsp3) is 0.0968. The van der Waals surface area contributed by atoms with Crippen LogP contribution < -0.4 is 15.0 Å². The summed E-state index contributed by atoms with van der Waals surface area (Å²) >= 11 is 0. The Labute approximate surface area is 230 Å². The highest BCUT2D eigenvalue weighted by molar-refractivity contribution is 6.51. The number of anilines is 2. The number of hydrogen-bond donors (Lipinski definition) is 2. The summed E-state index contributed by atoms with van der Waals surface area (Å²) in [5.41, 5.74) is 5.16. The minimum atomic E-state index is -0.342. The van der Waals surface area contributed by atoms with Crippen molar-refractivity contribution in [3.8, 4) is 17.3 Å². The van der Waals surface area contributed by atoms with Crippen LogP contribution >= 0.6 is 0 Å². The highest BCUT2D eigenvalue weighted by Crippen LogP contribution is 2.48. The molecule has 2 aliphatic rings. The number of hydrogen-bond acceptors (Lipinski definition) is 8. The molecule has 9 heteroatoms. The molecule has 1 unspecified atom stereocenters. The van der Waals surface area contributed by atoms with Gasteiger partial charge >= 0.3 is 0 Å². The van der Waals surface area contributed by atoms with Crippen LogP contribution in [0.3, 0.4) is 0 Å². The first kappa shape index (κ1) is 23.7. The van der Waals surface area contributed by atoms with E-state index in [-0.39, 0.29) is 11.8 Å². The number of rotatable bonds is 4. The van der Waals surface area contributed by atoms with Crippen LogP contribution in [0.25, 0.3) is 5.82 Å². The highest BCUT2D eigenvalue weighted by atomic mass is 16.5. The second kappa shape index (κ2) is 9.39. The SMILES string of the molecule is COc1cccc(NC2=Nc3ccccc3N3C2=Nc2c(c(C)nn2-c2ccccn2)C3c2cccc(O)c2)c1. The fourth-order valence-electron chi connectivity index (χ4n) is 5.28. The lowest BCUT2D eigenvalue weighted by Gasteiger charge is -2.40. The largest absolute Gasteiger partial charge is 0.508 e. The van der Waals surface area contributed by atoms with Gasteiger partial charge in [-0.3, -0.25) is 0 Å². The smallest absolute Gasteiger partial charge is 0.179 e. The zero-order valence-corrected chi connectivity index (χ0v) is 21.9. The number of fused-ring (bicyclic) bond motifs is 4. The van der Waals surface area contributed by atoms with Gasteiger partial charge in [0.1, 0.15) is 11.5 Å². The molecule has 0 aliphatic carbocycles. The van der Waals surface area contributed by atoms with Crippen molar-refractivity contribution in [1.29, 1.82) is 0 Å². The molecule has 0 spiro atoms. The average molecular weight is 528 g/mol. The molecule has 2 aliphatic heterocycles. The number of methoxy groups -OCH3 is 1. The van der Waals surface area contributed by atoms with E-state index in [1.807, 2.05) is 85.8 Å². The third-order valence-corrected chi connectivity index (χ3v) is 7.02. The number of pyridine rings is 1. The number of amidine groups is 2. The maximum Gasteiger partial charge on any atom is 0.179 e. The molecule has 4 heterocycles. The molecule has 0 radical (unpaired) electrons. The van der Waals surface area contributed by atoms with E-state index in [1.165, 1.54) is 0 Å². The predicted octanol–water partition coefficient (Wildman–Crippen LogP) is 6.09. The number of aromatic hydroxyl groups is 1. The third kappa shape index (κ3) is 3.87. The summed E-state index contributed by atoms with van der Waals surface area (Å²) < 4.78 is 7.22. The van der Waals surface area contributed by atoms with E-state index >= 15 is 0 Å². The lowest BCUT2D eigenvalue weighted by atomic mass is 9.93. The molecule has 2 aromatic heterocycles. The summed E-state index contributed by atoms with van der Waals surface area (Å²) in [6.45, 7) is 1.98. The molecule has 196 valence electrons. The van der Waals surface area contributed by atoms with Crippen LogP contribution in [0.2, 0.25) is 0 Å². The zero-order chi connectivity index (χ0) is 27.2. The van der Waals surface area contributed by atoms with Gasteiger partial charge in [-0.15, -0.1) is 0 Å². The minimum absolute atomic E-state index is 0.187. The number of benzene rings is 3. The number of para-hydroxylation sites is 2. The van der Waals surface area contributed by atoms with Gasteiger partial charge in [0.2, 0.25) is 0 Å². The Morgan fingerprint density at radius 2 is 1.75 bits per heavy atom. The maximum atomic E-state index is 10.5. The van der Waals surface area contributed by atoms with Gasteiger partial charge in [-0.05, 0) is 61.0 Å². The number of aliphatic imine (C=N–C) groups is 2. The normalized spacial score (nSPS) is 15.3. The Morgan fingerprint density at radius 1 is 0.900 bits per heavy atom. The Morgan fingerprint density at radius 3 is 2.58 bits per heavy atom. The number of phenolic OH excluding ortho intramolecular Hbond substituents is 1. The zero-order valence-electron chi connectivity index (χ0n) is 21.9. The summed E-state index contributed by atoms with van der Waals surface area (Å²) in [6.07, 6.45) is 1.74. The molecule has 0 bridgehead atoms. The highest BCUT2D eigenvalue weighted by Gasteiger charge is 2.41. The van der Waals surface area contributed by atoms with Gasteiger partial charge in [0.15, 0.2) is 23.3 Å². The van der Waals surface area contributed by atoms with E-state index in [9.17, 15) is 5.11 Å². The van der Waals surface area contributed by atoms with Gasteiger partial charge in [-0.2, -0.15) is 9.78 Å². The van der Waals surface area contributed by atoms with E-state index in [1.54, 1.807) is 30.1 Å². The average Bonchev–Trinajstić information content (AvgIpc) is 3.32. The molecule has 0 saturated heterocycles.